The number of imidazole rings is 1. The molecule has 3 aromatic rings. The summed E-state index contributed by atoms with van der Waals surface area (Å²) in [7, 11) is 0. The predicted octanol–water partition coefficient (Wildman–Crippen LogP) is 3.06. The van der Waals surface area contributed by atoms with Crippen molar-refractivity contribution in [2.45, 2.75) is 32.9 Å². The van der Waals surface area contributed by atoms with Gasteiger partial charge in [0.05, 0.1) is 11.0 Å². The van der Waals surface area contributed by atoms with Crippen molar-refractivity contribution >= 4 is 22.7 Å². The lowest BCUT2D eigenvalue weighted by Crippen LogP contribution is -2.54. The van der Waals surface area contributed by atoms with Crippen LogP contribution in [-0.4, -0.2) is 69.7 Å². The molecule has 0 saturated carbocycles. The lowest BCUT2D eigenvalue weighted by atomic mass is 10.1. The van der Waals surface area contributed by atoms with Crippen LogP contribution in [0.2, 0.25) is 0 Å². The topological polar surface area (TPSA) is 92.0 Å². The molecular formula is C24H29N5O3. The van der Waals surface area contributed by atoms with Gasteiger partial charge in [0.15, 0.2) is 5.78 Å². The summed E-state index contributed by atoms with van der Waals surface area (Å²) < 4.78 is 7.76. The summed E-state index contributed by atoms with van der Waals surface area (Å²) in [5.41, 5.74) is 3.80. The van der Waals surface area contributed by atoms with Gasteiger partial charge in [0.1, 0.15) is 12.9 Å². The summed E-state index contributed by atoms with van der Waals surface area (Å²) in [6.07, 6.45) is 1.72. The maximum Gasteiger partial charge on any atom is 0.257 e. The van der Waals surface area contributed by atoms with E-state index < -0.39 is 0 Å². The first-order valence-corrected chi connectivity index (χ1v) is 10.9. The molecule has 168 valence electrons. The molecule has 0 bridgehead atoms. The summed E-state index contributed by atoms with van der Waals surface area (Å²) in [6.45, 7) is 9.03. The van der Waals surface area contributed by atoms with E-state index in [0.29, 0.717) is 29.8 Å². The minimum atomic E-state index is 0.00845. The van der Waals surface area contributed by atoms with Crippen LogP contribution < -0.4 is 5.32 Å². The molecule has 32 heavy (non-hydrogen) atoms. The largest absolute Gasteiger partial charge is 0.474 e. The summed E-state index contributed by atoms with van der Waals surface area (Å²) >= 11 is 0. The number of hydrogen-bond donors (Lipinski definition) is 2. The number of carbonyl (C=O) groups is 1. The Balaban J connectivity index is 1.48. The number of ether oxygens (including phenoxy) is 1. The number of benzene rings is 2. The summed E-state index contributed by atoms with van der Waals surface area (Å²) in [5.74, 6) is 0.195. The predicted molar refractivity (Wildman–Crippen MR) is 124 cm³/mol. The molecule has 1 aliphatic rings. The number of fused-ring (bicyclic) bond motifs is 1. The van der Waals surface area contributed by atoms with Gasteiger partial charge in [-0.2, -0.15) is 0 Å². The average Bonchev–Trinajstić information content (AvgIpc) is 3.19. The van der Waals surface area contributed by atoms with Crippen molar-refractivity contribution in [1.29, 1.82) is 0 Å². The van der Waals surface area contributed by atoms with Crippen molar-refractivity contribution in [3.8, 4) is 5.69 Å². The van der Waals surface area contributed by atoms with Crippen molar-refractivity contribution in [1.82, 2.24) is 19.8 Å². The molecule has 0 spiro atoms. The summed E-state index contributed by atoms with van der Waals surface area (Å²) in [4.78, 5) is 18.4. The number of aromatic nitrogens is 2. The number of Topliss-reactive ketones (excluding diaryl/α,β-unsaturated/α-hetero) is 1. The zero-order chi connectivity index (χ0) is 22.7. The second kappa shape index (κ2) is 9.50. The second-order valence-electron chi connectivity index (χ2n) is 8.41. The number of nitrogens with zero attached hydrogens (tertiary/aromatic N) is 4. The number of ketones is 1. The van der Waals surface area contributed by atoms with Crippen LogP contribution in [-0.2, 0) is 4.74 Å². The number of nitrogens with one attached hydrogen (secondary N) is 1. The van der Waals surface area contributed by atoms with Gasteiger partial charge in [0.25, 0.3) is 5.90 Å². The number of piperazine rings is 1. The standard InChI is InChI=1S/C24H29N5O3/c1-16-13-28(14-17(2)26-16)9-10-32-24(27-31)20-5-4-6-21(11-20)29-15-25-22-12-19(18(3)30)7-8-23(22)29/h4-8,11-12,15-17,26,31H,9-10,13-14H2,1-3H3. The molecule has 1 aliphatic heterocycles. The highest BCUT2D eigenvalue weighted by molar-refractivity contribution is 5.97. The van der Waals surface area contributed by atoms with Crippen LogP contribution in [0, 0.1) is 0 Å². The highest BCUT2D eigenvalue weighted by Crippen LogP contribution is 2.21. The van der Waals surface area contributed by atoms with E-state index >= 15 is 0 Å². The van der Waals surface area contributed by atoms with Gasteiger partial charge < -0.3 is 15.3 Å². The van der Waals surface area contributed by atoms with E-state index in [1.165, 1.54) is 0 Å². The molecule has 0 aliphatic carbocycles. The maximum atomic E-state index is 11.6. The van der Waals surface area contributed by atoms with Gasteiger partial charge in [-0.3, -0.25) is 14.3 Å². The van der Waals surface area contributed by atoms with Crippen LogP contribution in [0.25, 0.3) is 16.7 Å². The molecule has 2 unspecified atom stereocenters. The van der Waals surface area contributed by atoms with Gasteiger partial charge in [-0.05, 0) is 62.3 Å². The molecule has 1 saturated heterocycles. The van der Waals surface area contributed by atoms with Crippen molar-refractivity contribution in [3.05, 3.63) is 59.9 Å². The van der Waals surface area contributed by atoms with Crippen LogP contribution >= 0.6 is 0 Å². The third-order valence-corrected chi connectivity index (χ3v) is 5.70. The molecule has 8 nitrogen and oxygen atoms in total. The molecule has 4 rings (SSSR count). The average molecular weight is 436 g/mol. The SMILES string of the molecule is CC(=O)c1ccc2c(c1)ncn2-c1cccc(C(=NO)OCCN2CC(C)NC(C)C2)c1. The Hall–Kier alpha value is -3.23. The van der Waals surface area contributed by atoms with Gasteiger partial charge in [0, 0.05) is 48.5 Å². The fourth-order valence-corrected chi connectivity index (χ4v) is 4.29. The number of carbonyl (C=O) groups excluding carboxylic acids is 1. The molecule has 0 radical (unpaired) electrons. The molecule has 2 atom stereocenters. The van der Waals surface area contributed by atoms with Crippen LogP contribution in [0.4, 0.5) is 0 Å². The Morgan fingerprint density at radius 1 is 1.19 bits per heavy atom. The Kier molecular flexibility index (Phi) is 6.53. The first-order chi connectivity index (χ1) is 15.4. The van der Waals surface area contributed by atoms with E-state index in [-0.39, 0.29) is 11.7 Å². The van der Waals surface area contributed by atoms with E-state index in [1.54, 1.807) is 25.4 Å². The molecule has 2 aromatic carbocycles. The Morgan fingerprint density at radius 2 is 1.97 bits per heavy atom. The van der Waals surface area contributed by atoms with Crippen molar-refractivity contribution in [3.63, 3.8) is 0 Å². The highest BCUT2D eigenvalue weighted by Gasteiger charge is 2.20. The van der Waals surface area contributed by atoms with E-state index in [0.717, 1.165) is 36.4 Å². The molecule has 1 fully saturated rings. The Morgan fingerprint density at radius 3 is 2.69 bits per heavy atom. The summed E-state index contributed by atoms with van der Waals surface area (Å²) in [6, 6.07) is 13.9. The summed E-state index contributed by atoms with van der Waals surface area (Å²) in [5, 5.41) is 16.5. The fourth-order valence-electron chi connectivity index (χ4n) is 4.29. The highest BCUT2D eigenvalue weighted by atomic mass is 16.5. The number of rotatable bonds is 6. The quantitative estimate of drug-likeness (QED) is 0.203. The van der Waals surface area contributed by atoms with E-state index in [4.69, 9.17) is 4.74 Å². The molecule has 2 N–H and O–H groups in total. The van der Waals surface area contributed by atoms with Gasteiger partial charge in [-0.1, -0.05) is 6.07 Å². The number of hydrogen-bond acceptors (Lipinski definition) is 7. The van der Waals surface area contributed by atoms with Gasteiger partial charge in [-0.25, -0.2) is 4.98 Å². The van der Waals surface area contributed by atoms with Crippen LogP contribution in [0.1, 0.15) is 36.7 Å². The molecule has 2 heterocycles. The minimum absolute atomic E-state index is 0.00845. The first kappa shape index (κ1) is 22.0. The maximum absolute atomic E-state index is 11.6. The van der Waals surface area contributed by atoms with E-state index in [9.17, 15) is 10.0 Å². The monoisotopic (exact) mass is 435 g/mol. The lowest BCUT2D eigenvalue weighted by Gasteiger charge is -2.35. The fraction of sp³-hybridized carbons (Fsp3) is 0.375. The second-order valence-corrected chi connectivity index (χ2v) is 8.41. The van der Waals surface area contributed by atoms with Crippen LogP contribution in [0.3, 0.4) is 0 Å². The lowest BCUT2D eigenvalue weighted by molar-refractivity contribution is 0.101. The zero-order valence-corrected chi connectivity index (χ0v) is 18.7. The third-order valence-electron chi connectivity index (χ3n) is 5.70. The Labute approximate surface area is 187 Å². The number of oxime groups is 1. The van der Waals surface area contributed by atoms with Crippen molar-refractivity contribution in [2.75, 3.05) is 26.2 Å². The first-order valence-electron chi connectivity index (χ1n) is 10.9. The molecular weight excluding hydrogens is 406 g/mol. The van der Waals surface area contributed by atoms with Crippen molar-refractivity contribution < 1.29 is 14.7 Å². The van der Waals surface area contributed by atoms with Gasteiger partial charge >= 0.3 is 0 Å². The molecule has 0 amide bonds. The smallest absolute Gasteiger partial charge is 0.257 e. The minimum Gasteiger partial charge on any atom is -0.474 e. The third kappa shape index (κ3) is 4.81. The van der Waals surface area contributed by atoms with Crippen LogP contribution in [0.5, 0.6) is 0 Å². The van der Waals surface area contributed by atoms with E-state index in [2.05, 4.69) is 34.2 Å². The Bertz CT molecular complexity index is 1130. The normalized spacial score (nSPS) is 19.9. The van der Waals surface area contributed by atoms with E-state index in [1.807, 2.05) is 34.9 Å². The zero-order valence-electron chi connectivity index (χ0n) is 18.7. The van der Waals surface area contributed by atoms with Crippen LogP contribution in [0.15, 0.2) is 53.9 Å². The molecule has 1 aromatic heterocycles. The van der Waals surface area contributed by atoms with Gasteiger partial charge in [0.2, 0.25) is 0 Å². The van der Waals surface area contributed by atoms with Crippen molar-refractivity contribution in [2.24, 2.45) is 5.16 Å². The van der Waals surface area contributed by atoms with Gasteiger partial charge in [-0.15, -0.1) is 0 Å². The molecule has 8 heteroatoms.